The molecule has 0 fully saturated rings. The quantitative estimate of drug-likeness (QED) is 0.328. The van der Waals surface area contributed by atoms with Crippen LogP contribution < -0.4 is 14.7 Å². The van der Waals surface area contributed by atoms with Crippen LogP contribution in [0.2, 0.25) is 0 Å². The van der Waals surface area contributed by atoms with Crippen LogP contribution in [0.4, 0.5) is 0 Å². The van der Waals surface area contributed by atoms with E-state index >= 15 is 0 Å². The van der Waals surface area contributed by atoms with Gasteiger partial charge in [-0.25, -0.2) is 0 Å². The summed E-state index contributed by atoms with van der Waals surface area (Å²) in [5.74, 6) is 0.373. The Bertz CT molecular complexity index is 626. The number of allylic oxidation sites excluding steroid dienone is 5. The van der Waals surface area contributed by atoms with Gasteiger partial charge in [0.25, 0.3) is 7.82 Å². The van der Waals surface area contributed by atoms with Crippen LogP contribution in [0.15, 0.2) is 34.9 Å². The smallest absolute Gasteiger partial charge is 0.272 e. The van der Waals surface area contributed by atoms with Gasteiger partial charge >= 0.3 is 0 Å². The van der Waals surface area contributed by atoms with E-state index in [-0.39, 0.29) is 6.61 Å². The van der Waals surface area contributed by atoms with Crippen LogP contribution in [0, 0.1) is 5.92 Å². The van der Waals surface area contributed by atoms with Gasteiger partial charge in [0.1, 0.15) is 0 Å². The molecule has 0 radical (unpaired) electrons. The van der Waals surface area contributed by atoms with Crippen molar-refractivity contribution in [3.63, 3.8) is 0 Å². The first-order valence-electron chi connectivity index (χ1n) is 8.96. The Hall–Kier alpha value is -0.520. The minimum Gasteiger partial charge on any atom is -0.790 e. The van der Waals surface area contributed by atoms with Gasteiger partial charge in [0, 0.05) is 0 Å². The van der Waals surface area contributed by atoms with Crippen molar-refractivity contribution in [2.75, 3.05) is 6.61 Å². The summed E-state index contributed by atoms with van der Waals surface area (Å²) >= 11 is 0. The lowest BCUT2D eigenvalue weighted by Crippen LogP contribution is -2.19. The van der Waals surface area contributed by atoms with Gasteiger partial charge in [-0.1, -0.05) is 48.8 Å². The van der Waals surface area contributed by atoms with Crippen molar-refractivity contribution in [2.45, 2.75) is 66.7 Å². The van der Waals surface area contributed by atoms with E-state index in [4.69, 9.17) is 0 Å². The van der Waals surface area contributed by atoms with E-state index in [1.54, 1.807) is 6.08 Å². The fraction of sp³-hybridized carbons (Fsp3) is 0.667. The third-order valence-electron chi connectivity index (χ3n) is 3.52. The third kappa shape index (κ3) is 17.3. The van der Waals surface area contributed by atoms with Crippen molar-refractivity contribution in [3.8, 4) is 0 Å². The second kappa shape index (κ2) is 12.8. The molecule has 0 aromatic carbocycles. The molecule has 0 N–H and O–H groups in total. The zero-order chi connectivity index (χ0) is 21.1. The molecule has 27 heavy (non-hydrogen) atoms. The first kappa shape index (κ1) is 26.5. The number of hydrogen-bond donors (Lipinski definition) is 0. The molecule has 0 saturated carbocycles. The largest absolute Gasteiger partial charge is 0.790 e. The summed E-state index contributed by atoms with van der Waals surface area (Å²) < 4.78 is 29.5. The van der Waals surface area contributed by atoms with E-state index in [9.17, 15) is 23.8 Å². The molecule has 0 aliphatic heterocycles. The van der Waals surface area contributed by atoms with Gasteiger partial charge in [0.2, 0.25) is 0 Å². The Morgan fingerprint density at radius 1 is 0.963 bits per heavy atom. The summed E-state index contributed by atoms with van der Waals surface area (Å²) in [5.41, 5.74) is 3.60. The molecule has 0 heterocycles. The lowest BCUT2D eigenvalue weighted by Gasteiger charge is -2.34. The molecule has 1 atom stereocenters. The molecule has 0 amide bonds. The monoisotopic (exact) mass is 421 g/mol. The van der Waals surface area contributed by atoms with Gasteiger partial charge in [-0.05, 0) is 58.8 Å². The molecule has 1 unspecified atom stereocenters. The molecule has 0 rings (SSSR count). The van der Waals surface area contributed by atoms with Crippen LogP contribution in [0.1, 0.15) is 66.7 Å². The zero-order valence-electron chi connectivity index (χ0n) is 16.8. The summed E-state index contributed by atoms with van der Waals surface area (Å²) in [4.78, 5) is 32.0. The van der Waals surface area contributed by atoms with Crippen LogP contribution in [0.5, 0.6) is 0 Å². The highest BCUT2D eigenvalue weighted by Crippen LogP contribution is 2.50. The van der Waals surface area contributed by atoms with Crippen molar-refractivity contribution in [3.05, 3.63) is 34.9 Å². The van der Waals surface area contributed by atoms with Gasteiger partial charge in [-0.3, -0.25) is 8.88 Å². The normalized spacial score (nSPS) is 15.7. The van der Waals surface area contributed by atoms with Crippen molar-refractivity contribution in [1.82, 2.24) is 0 Å². The van der Waals surface area contributed by atoms with Crippen molar-refractivity contribution < 1.29 is 32.6 Å². The predicted molar refractivity (Wildman–Crippen MR) is 101 cm³/mol. The Morgan fingerprint density at radius 2 is 1.56 bits per heavy atom. The molecule has 0 bridgehead atoms. The van der Waals surface area contributed by atoms with Crippen LogP contribution in [-0.4, -0.2) is 6.61 Å². The SMILES string of the molecule is CC(C)=CCC/C(C)=C/CC/C(=C/COP(=O)([O-])OP(=O)([O-])[O-])CC(C)C. The summed E-state index contributed by atoms with van der Waals surface area (Å²) in [6, 6.07) is 0. The number of phosphoric ester groups is 1. The van der Waals surface area contributed by atoms with E-state index in [2.05, 4.69) is 41.8 Å². The molecule has 0 aliphatic carbocycles. The minimum atomic E-state index is -5.65. The van der Waals surface area contributed by atoms with Gasteiger partial charge < -0.3 is 23.8 Å². The van der Waals surface area contributed by atoms with Crippen molar-refractivity contribution in [2.24, 2.45) is 5.92 Å². The Labute approximate surface area is 163 Å². The molecule has 0 aromatic heterocycles. The van der Waals surface area contributed by atoms with Gasteiger partial charge in [-0.15, -0.1) is 0 Å². The second-order valence-electron chi connectivity index (χ2n) is 7.14. The lowest BCUT2D eigenvalue weighted by molar-refractivity contribution is -0.339. The van der Waals surface area contributed by atoms with E-state index in [0.29, 0.717) is 5.92 Å². The fourth-order valence-corrected chi connectivity index (χ4v) is 3.82. The van der Waals surface area contributed by atoms with Crippen molar-refractivity contribution >= 4 is 15.6 Å². The first-order valence-corrected chi connectivity index (χ1v) is 11.9. The maximum atomic E-state index is 11.3. The van der Waals surface area contributed by atoms with E-state index < -0.39 is 15.6 Å². The maximum Gasteiger partial charge on any atom is 0.272 e. The highest BCUT2D eigenvalue weighted by atomic mass is 31.3. The average Bonchev–Trinajstić information content (AvgIpc) is 2.43. The minimum absolute atomic E-state index is 0.369. The third-order valence-corrected chi connectivity index (χ3v) is 5.59. The summed E-state index contributed by atoms with van der Waals surface area (Å²) in [5, 5.41) is 0. The Kier molecular flexibility index (Phi) is 12.6. The number of rotatable bonds is 13. The zero-order valence-corrected chi connectivity index (χ0v) is 18.6. The number of hydrogen-bond acceptors (Lipinski definition) is 7. The van der Waals surface area contributed by atoms with Crippen molar-refractivity contribution in [1.29, 1.82) is 0 Å². The Morgan fingerprint density at radius 3 is 2.07 bits per heavy atom. The van der Waals surface area contributed by atoms with E-state index in [1.807, 2.05) is 13.8 Å². The topological polar surface area (TPSA) is 122 Å². The predicted octanol–water partition coefficient (Wildman–Crippen LogP) is 3.76. The highest BCUT2D eigenvalue weighted by Gasteiger charge is 2.11. The van der Waals surface area contributed by atoms with Gasteiger partial charge in [0.15, 0.2) is 0 Å². The highest BCUT2D eigenvalue weighted by molar-refractivity contribution is 7.58. The Balaban J connectivity index is 4.66. The number of phosphoric acid groups is 2. The average molecular weight is 421 g/mol. The molecule has 158 valence electrons. The summed E-state index contributed by atoms with van der Waals surface area (Å²) in [7, 11) is -10.8. The second-order valence-corrected chi connectivity index (χ2v) is 9.84. The van der Waals surface area contributed by atoms with Gasteiger partial charge in [-0.2, -0.15) is 0 Å². The summed E-state index contributed by atoms with van der Waals surface area (Å²) in [6.07, 6.45) is 10.3. The maximum absolute atomic E-state index is 11.3. The van der Waals surface area contributed by atoms with E-state index in [1.165, 1.54) is 11.1 Å². The van der Waals surface area contributed by atoms with E-state index in [0.717, 1.165) is 37.7 Å². The molecule has 0 spiro atoms. The van der Waals surface area contributed by atoms with Crippen LogP contribution >= 0.6 is 15.6 Å². The molecule has 0 saturated heterocycles. The van der Waals surface area contributed by atoms with Crippen LogP contribution in [0.3, 0.4) is 0 Å². The first-order chi connectivity index (χ1) is 12.3. The van der Waals surface area contributed by atoms with Crippen LogP contribution in [-0.2, 0) is 18.0 Å². The molecule has 0 aromatic rings. The van der Waals surface area contributed by atoms with Crippen LogP contribution in [0.25, 0.3) is 0 Å². The molecule has 0 aliphatic rings. The summed E-state index contributed by atoms with van der Waals surface area (Å²) in [6.45, 7) is 9.95. The van der Waals surface area contributed by atoms with Gasteiger partial charge in [0.05, 0.1) is 14.4 Å². The molecular formula is C18H31O7P2-3. The molecular weight excluding hydrogens is 390 g/mol. The molecule has 9 heteroatoms. The lowest BCUT2D eigenvalue weighted by atomic mass is 9.98. The standard InChI is InChI=1S/C18H34O7P2/c1-15(2)8-6-9-17(5)10-7-11-18(14-16(3)4)12-13-24-27(22,23)25-26(19,20)21/h8,10,12,16H,6-7,9,11,13-14H2,1-5H3,(H,22,23)(H2,19,20,21)/p-3/b17-10+,18-12-. The molecule has 7 nitrogen and oxygen atoms in total. The fourth-order valence-electron chi connectivity index (χ4n) is 2.40.